The van der Waals surface area contributed by atoms with Crippen molar-refractivity contribution in [2.45, 2.75) is 56.8 Å². The zero-order valence-corrected chi connectivity index (χ0v) is 19.1. The number of hydrogen-bond acceptors (Lipinski definition) is 10. The van der Waals surface area contributed by atoms with Crippen LogP contribution in [0.4, 0.5) is 0 Å². The van der Waals surface area contributed by atoms with E-state index in [2.05, 4.69) is 0 Å². The average molecular weight is 494 g/mol. The smallest absolute Gasteiger partial charge is 0.335 e. The summed E-state index contributed by atoms with van der Waals surface area (Å²) in [5.41, 5.74) is 1.06. The molecular formula is C24H30O11. The molecule has 11 heteroatoms. The van der Waals surface area contributed by atoms with E-state index >= 15 is 0 Å². The first-order valence-corrected chi connectivity index (χ1v) is 11.2. The third-order valence-corrected chi connectivity index (χ3v) is 5.92. The van der Waals surface area contributed by atoms with Gasteiger partial charge in [-0.05, 0) is 12.5 Å². The van der Waals surface area contributed by atoms with E-state index in [1.165, 1.54) is 6.08 Å². The van der Waals surface area contributed by atoms with Gasteiger partial charge in [-0.25, -0.2) is 4.79 Å². The highest BCUT2D eigenvalue weighted by Crippen LogP contribution is 2.35. The van der Waals surface area contributed by atoms with Gasteiger partial charge in [-0.1, -0.05) is 36.4 Å². The Morgan fingerprint density at radius 1 is 1.09 bits per heavy atom. The van der Waals surface area contributed by atoms with E-state index in [0.29, 0.717) is 6.42 Å². The molecule has 11 nitrogen and oxygen atoms in total. The maximum Gasteiger partial charge on any atom is 0.335 e. The predicted octanol–water partition coefficient (Wildman–Crippen LogP) is -0.134. The van der Waals surface area contributed by atoms with Crippen molar-refractivity contribution < 1.29 is 54.1 Å². The molecule has 0 spiro atoms. The van der Waals surface area contributed by atoms with Crippen LogP contribution in [0.25, 0.3) is 0 Å². The van der Waals surface area contributed by atoms with Crippen LogP contribution in [0.3, 0.4) is 0 Å². The maximum absolute atomic E-state index is 12.5. The molecule has 0 aromatic heterocycles. The van der Waals surface area contributed by atoms with Gasteiger partial charge < -0.3 is 44.5 Å². The Hall–Kier alpha value is -2.80. The molecule has 0 radical (unpaired) electrons. The predicted molar refractivity (Wildman–Crippen MR) is 118 cm³/mol. The Kier molecular flexibility index (Phi) is 9.38. The number of carboxylic acid groups (broad SMARTS) is 1. The highest BCUT2D eigenvalue weighted by molar-refractivity contribution is 5.89. The Morgan fingerprint density at radius 2 is 1.80 bits per heavy atom. The summed E-state index contributed by atoms with van der Waals surface area (Å²) in [6, 6.07) is 9.42. The van der Waals surface area contributed by atoms with Gasteiger partial charge in [-0.15, -0.1) is 0 Å². The van der Waals surface area contributed by atoms with Crippen LogP contribution < -0.4 is 0 Å². The lowest BCUT2D eigenvalue weighted by Crippen LogP contribution is -2.60. The number of hydrogen-bond donors (Lipinski definition) is 5. The zero-order valence-electron chi connectivity index (χ0n) is 19.1. The summed E-state index contributed by atoms with van der Waals surface area (Å²) in [7, 11) is 0. The van der Waals surface area contributed by atoms with Crippen molar-refractivity contribution in [1.82, 2.24) is 0 Å². The van der Waals surface area contributed by atoms with Crippen LogP contribution in [0.1, 0.15) is 18.9 Å². The van der Waals surface area contributed by atoms with Crippen molar-refractivity contribution >= 4 is 11.9 Å². The van der Waals surface area contributed by atoms with E-state index < -0.39 is 61.5 Å². The topological polar surface area (TPSA) is 172 Å². The molecule has 1 aromatic carbocycles. The number of carbonyl (C=O) groups excluding carboxylic acids is 1. The van der Waals surface area contributed by atoms with E-state index in [1.807, 2.05) is 30.3 Å². The molecule has 1 fully saturated rings. The molecule has 2 aliphatic heterocycles. The second-order valence-corrected chi connectivity index (χ2v) is 8.18. The fourth-order valence-electron chi connectivity index (χ4n) is 3.97. The number of rotatable bonds is 9. The highest BCUT2D eigenvalue weighted by Gasteiger charge is 2.46. The number of esters is 1. The van der Waals surface area contributed by atoms with Gasteiger partial charge in [0.15, 0.2) is 6.29 Å². The Bertz CT molecular complexity index is 927. The summed E-state index contributed by atoms with van der Waals surface area (Å²) in [5.74, 6) is -2.87. The number of ether oxygens (including phenoxy) is 4. The highest BCUT2D eigenvalue weighted by atomic mass is 16.8. The largest absolute Gasteiger partial charge is 0.478 e. The molecule has 0 amide bonds. The van der Waals surface area contributed by atoms with Crippen molar-refractivity contribution in [1.29, 1.82) is 0 Å². The van der Waals surface area contributed by atoms with Crippen molar-refractivity contribution in [3.8, 4) is 0 Å². The zero-order chi connectivity index (χ0) is 25.5. The Balaban J connectivity index is 1.69. The van der Waals surface area contributed by atoms with Gasteiger partial charge in [0.1, 0.15) is 24.4 Å². The number of benzene rings is 1. The first-order chi connectivity index (χ1) is 16.8. The van der Waals surface area contributed by atoms with Gasteiger partial charge in [0.25, 0.3) is 0 Å². The SMILES string of the molecule is C/C=C1/[C@H](O[C@H]2O[C@@H](CO)[C@H](O)[C@@H](O)[C@@H]2O)OC=C(C(=O)O)[C@H]1CC(=O)OCCc1ccccc1. The Labute approximate surface area is 201 Å². The molecule has 7 atom stereocenters. The standard InChI is InChI=1S/C24H30O11/c1-2-14-15(10-18(26)32-9-8-13-6-4-3-5-7-13)16(22(30)31)12-33-23(14)35-24-21(29)20(28)19(27)17(11-25)34-24/h2-7,12,15,17,19-21,23-25,27-29H,8-11H2,1H3,(H,30,31)/b14-2+/t15-,17-,19-,20+,21-,23-,24+/m0/s1. The maximum atomic E-state index is 12.5. The van der Waals surface area contributed by atoms with Crippen LogP contribution in [0.5, 0.6) is 0 Å². The fourth-order valence-corrected chi connectivity index (χ4v) is 3.97. The Morgan fingerprint density at radius 3 is 2.43 bits per heavy atom. The monoisotopic (exact) mass is 494 g/mol. The third-order valence-electron chi connectivity index (χ3n) is 5.92. The van der Waals surface area contributed by atoms with Crippen LogP contribution in [0.15, 0.2) is 53.8 Å². The van der Waals surface area contributed by atoms with Gasteiger partial charge >= 0.3 is 11.9 Å². The number of carbonyl (C=O) groups is 2. The van der Waals surface area contributed by atoms with E-state index in [-0.39, 0.29) is 24.2 Å². The second-order valence-electron chi connectivity index (χ2n) is 8.18. The van der Waals surface area contributed by atoms with Gasteiger partial charge in [0.2, 0.25) is 6.29 Å². The van der Waals surface area contributed by atoms with E-state index in [4.69, 9.17) is 18.9 Å². The molecule has 0 bridgehead atoms. The summed E-state index contributed by atoms with van der Waals surface area (Å²) in [4.78, 5) is 24.3. The number of carboxylic acids is 1. The van der Waals surface area contributed by atoms with Gasteiger partial charge in [-0.3, -0.25) is 4.79 Å². The van der Waals surface area contributed by atoms with Crippen LogP contribution in [0.2, 0.25) is 0 Å². The quantitative estimate of drug-likeness (QED) is 0.229. The van der Waals surface area contributed by atoms with E-state index in [0.717, 1.165) is 11.8 Å². The molecule has 1 aromatic rings. The minimum absolute atomic E-state index is 0.119. The van der Waals surface area contributed by atoms with Crippen LogP contribution in [0, 0.1) is 5.92 Å². The molecule has 0 unspecified atom stereocenters. The number of aliphatic carboxylic acids is 1. The molecule has 0 aliphatic carbocycles. The molecule has 2 aliphatic rings. The minimum Gasteiger partial charge on any atom is -0.478 e. The molecule has 35 heavy (non-hydrogen) atoms. The summed E-state index contributed by atoms with van der Waals surface area (Å²) >= 11 is 0. The molecule has 192 valence electrons. The lowest BCUT2D eigenvalue weighted by Gasteiger charge is -2.41. The van der Waals surface area contributed by atoms with Crippen LogP contribution in [-0.4, -0.2) is 87.7 Å². The van der Waals surface area contributed by atoms with Crippen molar-refractivity contribution in [3.63, 3.8) is 0 Å². The number of allylic oxidation sites excluding steroid dienone is 1. The first-order valence-electron chi connectivity index (χ1n) is 11.2. The molecule has 1 saturated heterocycles. The average Bonchev–Trinajstić information content (AvgIpc) is 2.85. The van der Waals surface area contributed by atoms with Gasteiger partial charge in [0.05, 0.1) is 31.5 Å². The summed E-state index contributed by atoms with van der Waals surface area (Å²) in [6.07, 6.45) is -6.22. The van der Waals surface area contributed by atoms with Gasteiger partial charge in [0, 0.05) is 17.9 Å². The molecule has 5 N–H and O–H groups in total. The second kappa shape index (κ2) is 12.2. The summed E-state index contributed by atoms with van der Waals surface area (Å²) < 4.78 is 21.7. The summed E-state index contributed by atoms with van der Waals surface area (Å²) in [6.45, 7) is 1.07. The number of aliphatic hydroxyl groups is 4. The van der Waals surface area contributed by atoms with Crippen molar-refractivity contribution in [3.05, 3.63) is 59.4 Å². The molecule has 0 saturated carbocycles. The molecule has 2 heterocycles. The normalized spacial score (nSPS) is 32.0. The fraction of sp³-hybridized carbons (Fsp3) is 0.500. The van der Waals surface area contributed by atoms with Crippen LogP contribution in [-0.2, 0) is 35.0 Å². The van der Waals surface area contributed by atoms with Crippen molar-refractivity contribution in [2.75, 3.05) is 13.2 Å². The minimum atomic E-state index is -1.68. The van der Waals surface area contributed by atoms with Crippen molar-refractivity contribution in [2.24, 2.45) is 5.92 Å². The molecule has 3 rings (SSSR count). The number of aliphatic hydroxyl groups excluding tert-OH is 4. The third kappa shape index (κ3) is 6.45. The molecular weight excluding hydrogens is 464 g/mol. The lowest BCUT2D eigenvalue weighted by molar-refractivity contribution is -0.327. The lowest BCUT2D eigenvalue weighted by atomic mass is 9.86. The van der Waals surface area contributed by atoms with Crippen LogP contribution >= 0.6 is 0 Å². The van der Waals surface area contributed by atoms with E-state index in [1.54, 1.807) is 6.92 Å². The first kappa shape index (κ1) is 26.8. The van der Waals surface area contributed by atoms with E-state index in [9.17, 15) is 35.1 Å². The van der Waals surface area contributed by atoms with Gasteiger partial charge in [-0.2, -0.15) is 0 Å². The summed E-state index contributed by atoms with van der Waals surface area (Å²) in [5, 5.41) is 49.2.